The summed E-state index contributed by atoms with van der Waals surface area (Å²) in [5, 5.41) is 8.02. The minimum Gasteiger partial charge on any atom is -0.336 e. The summed E-state index contributed by atoms with van der Waals surface area (Å²) >= 11 is 0. The molecule has 1 aliphatic heterocycles. The van der Waals surface area contributed by atoms with E-state index in [2.05, 4.69) is 10.4 Å². The number of aromatic nitrogens is 4. The third kappa shape index (κ3) is 4.05. The van der Waals surface area contributed by atoms with Gasteiger partial charge in [-0.15, -0.1) is 0 Å². The van der Waals surface area contributed by atoms with Crippen LogP contribution in [0.2, 0.25) is 0 Å². The Kier molecular flexibility index (Phi) is 5.59. The van der Waals surface area contributed by atoms with Crippen LogP contribution in [-0.2, 0) is 24.3 Å². The zero-order valence-corrected chi connectivity index (χ0v) is 20.6. The minimum atomic E-state index is -0.181. The fourth-order valence-electron chi connectivity index (χ4n) is 4.63. The van der Waals surface area contributed by atoms with E-state index in [1.54, 1.807) is 11.9 Å². The Morgan fingerprint density at radius 2 is 1.94 bits per heavy atom. The first kappa shape index (κ1) is 22.7. The molecule has 0 unspecified atom stereocenters. The molecule has 8 nitrogen and oxygen atoms in total. The van der Waals surface area contributed by atoms with Crippen LogP contribution in [0, 0.1) is 20.8 Å². The number of nitrogens with one attached hydrogen (secondary N) is 1. The molecule has 35 heavy (non-hydrogen) atoms. The van der Waals surface area contributed by atoms with E-state index in [0.717, 1.165) is 51.1 Å². The highest BCUT2D eigenvalue weighted by Crippen LogP contribution is 2.32. The van der Waals surface area contributed by atoms with E-state index >= 15 is 0 Å². The van der Waals surface area contributed by atoms with E-state index in [-0.39, 0.29) is 11.8 Å². The predicted octanol–water partition coefficient (Wildman–Crippen LogP) is 4.21. The molecule has 1 aliphatic rings. The highest BCUT2D eigenvalue weighted by Gasteiger charge is 2.24. The smallest absolute Gasteiger partial charge is 0.273 e. The third-order valence-electron chi connectivity index (χ3n) is 6.63. The second-order valence-corrected chi connectivity index (χ2v) is 9.20. The van der Waals surface area contributed by atoms with Gasteiger partial charge in [0.05, 0.1) is 18.1 Å². The Labute approximate surface area is 204 Å². The molecule has 3 heterocycles. The summed E-state index contributed by atoms with van der Waals surface area (Å²) in [5.41, 5.74) is 7.64. The van der Waals surface area contributed by atoms with Crippen molar-refractivity contribution >= 4 is 28.4 Å². The molecule has 0 radical (unpaired) electrons. The van der Waals surface area contributed by atoms with Crippen LogP contribution in [0.25, 0.3) is 22.3 Å². The van der Waals surface area contributed by atoms with Gasteiger partial charge in [-0.2, -0.15) is 5.10 Å². The first-order valence-electron chi connectivity index (χ1n) is 11.7. The fraction of sp³-hybridized carbons (Fsp3) is 0.296. The molecule has 0 saturated heterocycles. The zero-order valence-electron chi connectivity index (χ0n) is 20.6. The van der Waals surface area contributed by atoms with E-state index in [9.17, 15) is 9.59 Å². The number of carbonyl (C=O) groups is 2. The molecule has 2 aromatic heterocycles. The van der Waals surface area contributed by atoms with Crippen molar-refractivity contribution in [3.63, 3.8) is 0 Å². The maximum Gasteiger partial charge on any atom is 0.273 e. The summed E-state index contributed by atoms with van der Waals surface area (Å²) in [5.74, 6) is 0.264. The quantitative estimate of drug-likeness (QED) is 0.474. The molecule has 8 heteroatoms. The molecule has 178 valence electrons. The van der Waals surface area contributed by atoms with Crippen molar-refractivity contribution < 1.29 is 9.59 Å². The van der Waals surface area contributed by atoms with Crippen LogP contribution in [-0.4, -0.2) is 43.5 Å². The van der Waals surface area contributed by atoms with Crippen molar-refractivity contribution in [1.82, 2.24) is 24.6 Å². The highest BCUT2D eigenvalue weighted by atomic mass is 16.2. The SMILES string of the molecule is CCn1ncc(CN(C)C(=O)c2nc(-c3cc4c(cc3C)CC(=O)N4)nc3ccc(C)cc23)c1C. The second-order valence-electron chi connectivity index (χ2n) is 9.20. The monoisotopic (exact) mass is 468 g/mol. The molecule has 0 saturated carbocycles. The molecule has 2 amide bonds. The number of anilines is 1. The highest BCUT2D eigenvalue weighted by molar-refractivity contribution is 6.05. The first-order valence-corrected chi connectivity index (χ1v) is 11.7. The minimum absolute atomic E-state index is 0.0226. The van der Waals surface area contributed by atoms with Crippen molar-refractivity contribution in [2.45, 2.75) is 47.2 Å². The molecule has 2 aromatic carbocycles. The number of aryl methyl sites for hydroxylation is 3. The summed E-state index contributed by atoms with van der Waals surface area (Å²) in [6.45, 7) is 9.23. The van der Waals surface area contributed by atoms with Crippen LogP contribution < -0.4 is 5.32 Å². The topological polar surface area (TPSA) is 93.0 Å². The summed E-state index contributed by atoms with van der Waals surface area (Å²) in [4.78, 5) is 36.9. The van der Waals surface area contributed by atoms with Gasteiger partial charge in [0, 0.05) is 48.0 Å². The lowest BCUT2D eigenvalue weighted by Gasteiger charge is -2.19. The van der Waals surface area contributed by atoms with E-state index in [4.69, 9.17) is 9.97 Å². The standard InChI is InChI=1S/C27H28N6O2/c1-6-33-17(4)19(13-28-33)14-32(5)27(35)25-21-9-15(2)7-8-22(21)30-26(31-25)20-12-23-18(10-16(20)3)11-24(34)29-23/h7-10,12-13H,6,11,14H2,1-5H3,(H,29,34). The molecule has 0 fully saturated rings. The summed E-state index contributed by atoms with van der Waals surface area (Å²) in [6.07, 6.45) is 2.19. The van der Waals surface area contributed by atoms with Crippen molar-refractivity contribution in [2.75, 3.05) is 12.4 Å². The van der Waals surface area contributed by atoms with Gasteiger partial charge in [0.15, 0.2) is 5.82 Å². The van der Waals surface area contributed by atoms with Crippen molar-refractivity contribution in [3.8, 4) is 11.4 Å². The van der Waals surface area contributed by atoms with Crippen LogP contribution in [0.4, 0.5) is 5.69 Å². The number of carbonyl (C=O) groups excluding carboxylic acids is 2. The third-order valence-corrected chi connectivity index (χ3v) is 6.63. The van der Waals surface area contributed by atoms with Gasteiger partial charge < -0.3 is 10.2 Å². The molecule has 1 N–H and O–H groups in total. The molecule has 4 aromatic rings. The molecule has 0 bridgehead atoms. The molecule has 0 spiro atoms. The zero-order chi connectivity index (χ0) is 24.9. The number of rotatable bonds is 5. The second kappa shape index (κ2) is 8.61. The maximum absolute atomic E-state index is 13.7. The summed E-state index contributed by atoms with van der Waals surface area (Å²) in [7, 11) is 1.78. The van der Waals surface area contributed by atoms with Crippen LogP contribution in [0.1, 0.15) is 45.4 Å². The van der Waals surface area contributed by atoms with Crippen molar-refractivity contribution in [2.24, 2.45) is 0 Å². The average Bonchev–Trinajstić information content (AvgIpc) is 3.37. The van der Waals surface area contributed by atoms with Gasteiger partial charge in [-0.25, -0.2) is 9.97 Å². The van der Waals surface area contributed by atoms with Gasteiger partial charge >= 0.3 is 0 Å². The van der Waals surface area contributed by atoms with Gasteiger partial charge in [0.25, 0.3) is 5.91 Å². The Bertz CT molecular complexity index is 1500. The van der Waals surface area contributed by atoms with E-state index in [1.807, 2.05) is 68.9 Å². The van der Waals surface area contributed by atoms with Gasteiger partial charge in [-0.05, 0) is 57.0 Å². The predicted molar refractivity (Wildman–Crippen MR) is 135 cm³/mol. The maximum atomic E-state index is 13.7. The Balaban J connectivity index is 1.59. The lowest BCUT2D eigenvalue weighted by molar-refractivity contribution is -0.115. The fourth-order valence-corrected chi connectivity index (χ4v) is 4.63. The largest absolute Gasteiger partial charge is 0.336 e. The Morgan fingerprint density at radius 1 is 1.14 bits per heavy atom. The van der Waals surface area contributed by atoms with E-state index in [0.29, 0.717) is 30.0 Å². The number of hydrogen-bond donors (Lipinski definition) is 1. The Morgan fingerprint density at radius 3 is 2.69 bits per heavy atom. The molecular formula is C27H28N6O2. The van der Waals surface area contributed by atoms with Gasteiger partial charge in [-0.3, -0.25) is 14.3 Å². The van der Waals surface area contributed by atoms with Gasteiger partial charge in [-0.1, -0.05) is 17.7 Å². The molecule has 5 rings (SSSR count). The van der Waals surface area contributed by atoms with Crippen molar-refractivity contribution in [1.29, 1.82) is 0 Å². The number of benzene rings is 2. The van der Waals surface area contributed by atoms with Crippen LogP contribution in [0.3, 0.4) is 0 Å². The van der Waals surface area contributed by atoms with Crippen LogP contribution >= 0.6 is 0 Å². The van der Waals surface area contributed by atoms with Gasteiger partial charge in [0.2, 0.25) is 5.91 Å². The van der Waals surface area contributed by atoms with E-state index < -0.39 is 0 Å². The summed E-state index contributed by atoms with van der Waals surface area (Å²) < 4.78 is 1.92. The normalized spacial score (nSPS) is 12.7. The lowest BCUT2D eigenvalue weighted by Crippen LogP contribution is -2.28. The molecular weight excluding hydrogens is 440 g/mol. The average molecular weight is 469 g/mol. The first-order chi connectivity index (χ1) is 16.7. The number of hydrogen-bond acceptors (Lipinski definition) is 5. The van der Waals surface area contributed by atoms with Crippen molar-refractivity contribution in [3.05, 3.63) is 70.2 Å². The number of amides is 2. The van der Waals surface area contributed by atoms with E-state index in [1.165, 1.54) is 0 Å². The Hall–Kier alpha value is -4.07. The number of fused-ring (bicyclic) bond motifs is 2. The summed E-state index contributed by atoms with van der Waals surface area (Å²) in [6, 6.07) is 9.76. The van der Waals surface area contributed by atoms with Crippen LogP contribution in [0.5, 0.6) is 0 Å². The number of nitrogens with zero attached hydrogens (tertiary/aromatic N) is 5. The molecule has 0 aliphatic carbocycles. The lowest BCUT2D eigenvalue weighted by atomic mass is 10.0. The molecule has 0 atom stereocenters. The van der Waals surface area contributed by atoms with Gasteiger partial charge in [0.1, 0.15) is 5.69 Å². The van der Waals surface area contributed by atoms with Crippen LogP contribution in [0.15, 0.2) is 36.5 Å².